The summed E-state index contributed by atoms with van der Waals surface area (Å²) in [4.78, 5) is 36.1. The van der Waals surface area contributed by atoms with Crippen LogP contribution in [-0.4, -0.2) is 72.7 Å². The molecule has 0 unspecified atom stereocenters. The van der Waals surface area contributed by atoms with E-state index in [1.807, 2.05) is 70.2 Å². The Kier molecular flexibility index (Phi) is 14.0. The number of nitrogens with one attached hydrogen (secondary N) is 1. The number of aromatic hydroxyl groups is 2. The Hall–Kier alpha value is -4.47. The second-order valence-corrected chi connectivity index (χ2v) is 12.6. The Morgan fingerprint density at radius 3 is 1.76 bits per heavy atom. The van der Waals surface area contributed by atoms with Crippen molar-refractivity contribution in [2.45, 2.75) is 59.9 Å². The number of likely N-dealkylation sites (tertiary alicyclic amines) is 1. The van der Waals surface area contributed by atoms with E-state index < -0.39 is 0 Å². The number of phenols is 2. The summed E-state index contributed by atoms with van der Waals surface area (Å²) in [5, 5.41) is 27.3. The van der Waals surface area contributed by atoms with Crippen molar-refractivity contribution >= 4 is 39.8 Å². The number of rotatable bonds is 7. The zero-order valence-corrected chi connectivity index (χ0v) is 29.2. The monoisotopic (exact) mass is 670 g/mol. The zero-order valence-electron chi connectivity index (χ0n) is 29.2. The number of aldehydes is 1. The highest BCUT2D eigenvalue weighted by atomic mass is 16.5. The van der Waals surface area contributed by atoms with E-state index in [-0.39, 0.29) is 29.5 Å². The van der Waals surface area contributed by atoms with Crippen LogP contribution in [0.15, 0.2) is 60.7 Å². The summed E-state index contributed by atoms with van der Waals surface area (Å²) in [5.41, 5.74) is 3.41. The van der Waals surface area contributed by atoms with Crippen molar-refractivity contribution < 1.29 is 34.1 Å². The van der Waals surface area contributed by atoms with E-state index in [0.717, 1.165) is 84.7 Å². The molecule has 0 atom stereocenters. The van der Waals surface area contributed by atoms with Gasteiger partial charge in [-0.05, 0) is 124 Å². The highest BCUT2D eigenvalue weighted by Gasteiger charge is 2.27. The van der Waals surface area contributed by atoms with Crippen LogP contribution >= 0.6 is 0 Å². The van der Waals surface area contributed by atoms with Crippen molar-refractivity contribution in [2.24, 2.45) is 11.8 Å². The van der Waals surface area contributed by atoms with Gasteiger partial charge in [-0.1, -0.05) is 48.5 Å². The summed E-state index contributed by atoms with van der Waals surface area (Å²) in [6, 6.07) is 19.2. The van der Waals surface area contributed by atoms with E-state index in [4.69, 9.17) is 9.47 Å². The van der Waals surface area contributed by atoms with Crippen LogP contribution in [-0.2, 0) is 25.6 Å². The minimum absolute atomic E-state index is 0.0181. The Balaban J connectivity index is 0.000000183. The molecule has 6 rings (SSSR count). The predicted octanol–water partition coefficient (Wildman–Crippen LogP) is 6.84. The van der Waals surface area contributed by atoms with Crippen molar-refractivity contribution in [1.29, 1.82) is 0 Å². The largest absolute Gasteiger partial charge is 0.508 e. The van der Waals surface area contributed by atoms with Gasteiger partial charge in [0.1, 0.15) is 11.5 Å². The number of hydrogen-bond acceptors (Lipinski definition) is 9. The number of carbonyl (C=O) groups is 3. The topological polar surface area (TPSA) is 125 Å². The van der Waals surface area contributed by atoms with Crippen LogP contribution in [0.25, 0.3) is 21.5 Å². The van der Waals surface area contributed by atoms with Crippen molar-refractivity contribution in [2.75, 3.05) is 39.4 Å². The van der Waals surface area contributed by atoms with Gasteiger partial charge in [0.05, 0.1) is 30.6 Å². The maximum Gasteiger partial charge on any atom is 0.309 e. The number of aryl methyl sites for hydroxylation is 2. The Morgan fingerprint density at radius 2 is 1.22 bits per heavy atom. The molecule has 4 aromatic carbocycles. The van der Waals surface area contributed by atoms with E-state index in [9.17, 15) is 24.6 Å². The molecule has 3 N–H and O–H groups in total. The SMILES string of the molecule is CCOC(=O)C1CCN(Cc2c(O)cc(C)c3ccccc23)CC1.CCOC(=O)C1CCNCC1.Cc1cc(O)c(C=O)c2ccccc12. The zero-order chi connectivity index (χ0) is 35.3. The number of benzene rings is 4. The molecular weight excluding hydrogens is 620 g/mol. The number of piperidine rings is 2. The highest BCUT2D eigenvalue weighted by molar-refractivity contribution is 6.02. The summed E-state index contributed by atoms with van der Waals surface area (Å²) in [6.07, 6.45) is 4.20. The van der Waals surface area contributed by atoms with E-state index in [0.29, 0.717) is 37.4 Å². The van der Waals surface area contributed by atoms with Gasteiger partial charge in [0, 0.05) is 12.1 Å². The number of phenolic OH excluding ortho intramolecular Hbond substituents is 2. The van der Waals surface area contributed by atoms with Gasteiger partial charge in [-0.2, -0.15) is 0 Å². The highest BCUT2D eigenvalue weighted by Crippen LogP contribution is 2.32. The van der Waals surface area contributed by atoms with E-state index in [1.54, 1.807) is 6.07 Å². The minimum Gasteiger partial charge on any atom is -0.508 e. The van der Waals surface area contributed by atoms with Crippen LogP contribution in [0.1, 0.15) is 66.6 Å². The summed E-state index contributed by atoms with van der Waals surface area (Å²) in [5.74, 6) is 0.491. The molecule has 9 nitrogen and oxygen atoms in total. The molecule has 0 amide bonds. The van der Waals surface area contributed by atoms with Crippen LogP contribution < -0.4 is 5.32 Å². The van der Waals surface area contributed by atoms with Crippen LogP contribution in [0.5, 0.6) is 11.5 Å². The second-order valence-electron chi connectivity index (χ2n) is 12.6. The standard InChI is InChI=1S/C20H25NO3.C12H10O2.C8H15NO2/c1-3-24-20(23)15-8-10-21(11-9-15)13-18-17-7-5-4-6-16(17)14(2)12-19(18)22;1-8-6-12(14)11(7-13)10-5-3-2-4-9(8)10;1-2-11-8(10)7-3-5-9-6-4-7/h4-7,12,15,22H,3,8-11,13H2,1-2H3;2-7,14H,1H3;7,9H,2-6H2,1H3. The van der Waals surface area contributed by atoms with Crippen molar-refractivity contribution in [3.8, 4) is 11.5 Å². The van der Waals surface area contributed by atoms with Crippen LogP contribution in [0.3, 0.4) is 0 Å². The van der Waals surface area contributed by atoms with Gasteiger partial charge in [0.15, 0.2) is 6.29 Å². The van der Waals surface area contributed by atoms with Gasteiger partial charge >= 0.3 is 11.9 Å². The fraction of sp³-hybridized carbons (Fsp3) is 0.425. The third kappa shape index (κ3) is 9.80. The normalized spacial score (nSPS) is 15.4. The molecule has 9 heteroatoms. The van der Waals surface area contributed by atoms with E-state index in [2.05, 4.69) is 22.3 Å². The number of ether oxygens (including phenoxy) is 2. The molecule has 0 bridgehead atoms. The van der Waals surface area contributed by atoms with Gasteiger partial charge in [-0.25, -0.2) is 0 Å². The molecule has 0 saturated carbocycles. The average molecular weight is 671 g/mol. The summed E-state index contributed by atoms with van der Waals surface area (Å²) in [7, 11) is 0. The summed E-state index contributed by atoms with van der Waals surface area (Å²) < 4.78 is 10.0. The Morgan fingerprint density at radius 1 is 0.755 bits per heavy atom. The van der Waals surface area contributed by atoms with E-state index >= 15 is 0 Å². The van der Waals surface area contributed by atoms with Crippen LogP contribution in [0.2, 0.25) is 0 Å². The lowest BCUT2D eigenvalue weighted by Crippen LogP contribution is -2.36. The lowest BCUT2D eigenvalue weighted by atomic mass is 9.95. The molecule has 262 valence electrons. The van der Waals surface area contributed by atoms with Gasteiger partial charge in [-0.3, -0.25) is 19.3 Å². The van der Waals surface area contributed by atoms with Crippen LogP contribution in [0, 0.1) is 25.7 Å². The molecule has 4 aromatic rings. The molecule has 0 aromatic heterocycles. The number of esters is 2. The Labute approximate surface area is 289 Å². The van der Waals surface area contributed by atoms with Crippen molar-refractivity contribution in [3.05, 3.63) is 82.9 Å². The fourth-order valence-electron chi connectivity index (χ4n) is 6.58. The first kappa shape index (κ1) is 37.4. The molecule has 2 aliphatic rings. The summed E-state index contributed by atoms with van der Waals surface area (Å²) >= 11 is 0. The molecular formula is C40H50N2O7. The first-order valence-electron chi connectivity index (χ1n) is 17.3. The Bertz CT molecular complexity index is 1720. The summed E-state index contributed by atoms with van der Waals surface area (Å²) in [6.45, 7) is 12.9. The number of hydrogen-bond donors (Lipinski definition) is 3. The molecule has 0 radical (unpaired) electrons. The predicted molar refractivity (Wildman–Crippen MR) is 193 cm³/mol. The lowest BCUT2D eigenvalue weighted by molar-refractivity contribution is -0.150. The quantitative estimate of drug-likeness (QED) is 0.143. The third-order valence-electron chi connectivity index (χ3n) is 9.28. The van der Waals surface area contributed by atoms with Crippen LogP contribution in [0.4, 0.5) is 0 Å². The number of carbonyl (C=O) groups excluding carboxylic acids is 3. The fourth-order valence-corrected chi connectivity index (χ4v) is 6.58. The van der Waals surface area contributed by atoms with Gasteiger partial charge in [-0.15, -0.1) is 0 Å². The third-order valence-corrected chi connectivity index (χ3v) is 9.28. The van der Waals surface area contributed by atoms with Gasteiger partial charge in [0.2, 0.25) is 0 Å². The first-order valence-corrected chi connectivity index (χ1v) is 17.3. The molecule has 0 aliphatic carbocycles. The average Bonchev–Trinajstić information content (AvgIpc) is 3.12. The van der Waals surface area contributed by atoms with Crippen molar-refractivity contribution in [1.82, 2.24) is 10.2 Å². The number of nitrogens with zero attached hydrogens (tertiary/aromatic N) is 1. The maximum absolute atomic E-state index is 11.8. The molecule has 49 heavy (non-hydrogen) atoms. The maximum atomic E-state index is 11.8. The molecule has 2 heterocycles. The molecule has 2 saturated heterocycles. The smallest absolute Gasteiger partial charge is 0.309 e. The minimum atomic E-state index is -0.0687. The van der Waals surface area contributed by atoms with Gasteiger partial charge < -0.3 is 25.0 Å². The van der Waals surface area contributed by atoms with Crippen molar-refractivity contribution in [3.63, 3.8) is 0 Å². The van der Waals surface area contributed by atoms with Gasteiger partial charge in [0.25, 0.3) is 0 Å². The molecule has 2 aliphatic heterocycles. The lowest BCUT2D eigenvalue weighted by Gasteiger charge is -2.31. The van der Waals surface area contributed by atoms with E-state index in [1.165, 1.54) is 5.39 Å². The molecule has 0 spiro atoms. The first-order chi connectivity index (χ1) is 23.7. The second kappa shape index (κ2) is 18.3. The molecule has 2 fully saturated rings. The number of fused-ring (bicyclic) bond motifs is 2.